The molecule has 0 heterocycles. The van der Waals surface area contributed by atoms with Crippen molar-refractivity contribution in [2.45, 2.75) is 19.3 Å². The average molecular weight is 392 g/mol. The number of primary amides is 2. The Morgan fingerprint density at radius 2 is 1.21 bits per heavy atom. The molecule has 7 nitrogen and oxygen atoms in total. The van der Waals surface area contributed by atoms with E-state index in [0.717, 1.165) is 6.42 Å². The number of nitrogens with two attached hydrogens (primary N) is 2. The fourth-order valence-corrected chi connectivity index (χ4v) is 3.19. The van der Waals surface area contributed by atoms with Gasteiger partial charge in [0.2, 0.25) is 11.8 Å². The molecule has 1 saturated carbocycles. The standard InChI is InChI=1S/C22H20N2O5/c23-21(28)16-6-4-12(18(25)10-16)8-14-2-1-3-15(20(14)27)9-13-5-7-17(22(24)29)11-19(13)26/h4-11,25-26H,1-3H2,(H2,23,28)(H2,24,29)/b14-8+,15-9+. The van der Waals surface area contributed by atoms with Gasteiger partial charge in [-0.25, -0.2) is 0 Å². The van der Waals surface area contributed by atoms with Crippen LogP contribution in [0.3, 0.4) is 0 Å². The second-order valence-corrected chi connectivity index (χ2v) is 6.80. The molecule has 6 N–H and O–H groups in total. The van der Waals surface area contributed by atoms with Crippen LogP contribution in [0.15, 0.2) is 47.5 Å². The molecular formula is C22H20N2O5. The predicted molar refractivity (Wildman–Crippen MR) is 108 cm³/mol. The lowest BCUT2D eigenvalue weighted by atomic mass is 9.86. The Labute approximate surface area is 167 Å². The molecule has 148 valence electrons. The summed E-state index contributed by atoms with van der Waals surface area (Å²) in [5, 5.41) is 20.2. The normalized spacial score (nSPS) is 16.9. The van der Waals surface area contributed by atoms with Crippen LogP contribution in [-0.4, -0.2) is 27.8 Å². The summed E-state index contributed by atoms with van der Waals surface area (Å²) in [7, 11) is 0. The first-order valence-electron chi connectivity index (χ1n) is 8.97. The van der Waals surface area contributed by atoms with E-state index in [4.69, 9.17) is 11.5 Å². The van der Waals surface area contributed by atoms with Crippen molar-refractivity contribution in [1.82, 2.24) is 0 Å². The van der Waals surface area contributed by atoms with E-state index in [9.17, 15) is 24.6 Å². The topological polar surface area (TPSA) is 144 Å². The highest BCUT2D eigenvalue weighted by molar-refractivity contribution is 6.14. The number of allylic oxidation sites excluding steroid dienone is 2. The maximum absolute atomic E-state index is 12.9. The van der Waals surface area contributed by atoms with Crippen LogP contribution in [0.25, 0.3) is 12.2 Å². The number of hydrogen-bond acceptors (Lipinski definition) is 5. The van der Waals surface area contributed by atoms with Crippen LogP contribution in [0, 0.1) is 0 Å². The molecule has 0 aliphatic heterocycles. The van der Waals surface area contributed by atoms with Gasteiger partial charge < -0.3 is 21.7 Å². The molecule has 1 aliphatic carbocycles. The van der Waals surface area contributed by atoms with Crippen LogP contribution in [0.2, 0.25) is 0 Å². The Hall–Kier alpha value is -3.87. The number of Topliss-reactive ketones (excluding diaryl/α,β-unsaturated/α-hetero) is 1. The Morgan fingerprint density at radius 1 is 0.793 bits per heavy atom. The molecule has 2 amide bonds. The largest absolute Gasteiger partial charge is 0.507 e. The van der Waals surface area contributed by atoms with Crippen LogP contribution in [0.5, 0.6) is 11.5 Å². The lowest BCUT2D eigenvalue weighted by Crippen LogP contribution is -2.13. The zero-order valence-electron chi connectivity index (χ0n) is 15.5. The molecule has 2 aromatic carbocycles. The Bertz CT molecular complexity index is 999. The Morgan fingerprint density at radius 3 is 1.55 bits per heavy atom. The summed E-state index contributed by atoms with van der Waals surface area (Å²) in [6.07, 6.45) is 4.99. The van der Waals surface area contributed by atoms with E-state index in [1.165, 1.54) is 36.4 Å². The van der Waals surface area contributed by atoms with Gasteiger partial charge >= 0.3 is 0 Å². The van der Waals surface area contributed by atoms with Gasteiger partial charge in [-0.05, 0) is 55.7 Å². The Balaban J connectivity index is 1.91. The second-order valence-electron chi connectivity index (χ2n) is 6.80. The summed E-state index contributed by atoms with van der Waals surface area (Å²) in [4.78, 5) is 35.3. The summed E-state index contributed by atoms with van der Waals surface area (Å²) in [6, 6.07) is 8.55. The van der Waals surface area contributed by atoms with Gasteiger partial charge in [-0.2, -0.15) is 0 Å². The summed E-state index contributed by atoms with van der Waals surface area (Å²) in [6.45, 7) is 0. The zero-order valence-corrected chi connectivity index (χ0v) is 15.5. The van der Waals surface area contributed by atoms with E-state index in [1.54, 1.807) is 12.2 Å². The molecule has 0 bridgehead atoms. The van der Waals surface area contributed by atoms with Gasteiger partial charge in [0.25, 0.3) is 0 Å². The van der Waals surface area contributed by atoms with Crippen molar-refractivity contribution in [2.24, 2.45) is 11.5 Å². The molecule has 29 heavy (non-hydrogen) atoms. The van der Waals surface area contributed by atoms with E-state index in [1.807, 2.05) is 0 Å². The molecule has 2 aromatic rings. The van der Waals surface area contributed by atoms with Crippen LogP contribution < -0.4 is 11.5 Å². The lowest BCUT2D eigenvalue weighted by molar-refractivity contribution is -0.112. The molecule has 7 heteroatoms. The third-order valence-corrected chi connectivity index (χ3v) is 4.76. The molecule has 0 saturated heterocycles. The number of rotatable bonds is 4. The van der Waals surface area contributed by atoms with Gasteiger partial charge in [0, 0.05) is 33.4 Å². The van der Waals surface area contributed by atoms with E-state index in [-0.39, 0.29) is 28.4 Å². The molecule has 0 radical (unpaired) electrons. The van der Waals surface area contributed by atoms with E-state index < -0.39 is 11.8 Å². The van der Waals surface area contributed by atoms with Gasteiger partial charge in [0.1, 0.15) is 11.5 Å². The number of hydrogen-bond donors (Lipinski definition) is 4. The second kappa shape index (κ2) is 8.02. The minimum Gasteiger partial charge on any atom is -0.507 e. The molecule has 1 aliphatic rings. The van der Waals surface area contributed by atoms with E-state index in [2.05, 4.69) is 0 Å². The molecule has 3 rings (SSSR count). The first kappa shape index (κ1) is 19.9. The Kier molecular flexibility index (Phi) is 5.50. The number of phenolic OH excluding ortho intramolecular Hbond substituents is 2. The quantitative estimate of drug-likeness (QED) is 0.591. The van der Waals surface area contributed by atoms with Gasteiger partial charge in [-0.15, -0.1) is 0 Å². The number of phenols is 2. The number of aromatic hydroxyl groups is 2. The molecule has 0 aromatic heterocycles. The SMILES string of the molecule is NC(=O)c1ccc(/C=C2\CCC/C(=C\c3ccc(C(N)=O)cc3O)C2=O)c(O)c1. The highest BCUT2D eigenvalue weighted by Gasteiger charge is 2.21. The summed E-state index contributed by atoms with van der Waals surface area (Å²) >= 11 is 0. The van der Waals surface area contributed by atoms with Gasteiger partial charge in [-0.3, -0.25) is 14.4 Å². The number of ketones is 1. The smallest absolute Gasteiger partial charge is 0.248 e. The summed E-state index contributed by atoms with van der Waals surface area (Å²) in [5.74, 6) is -1.77. The van der Waals surface area contributed by atoms with Crippen LogP contribution in [0.1, 0.15) is 51.1 Å². The first-order chi connectivity index (χ1) is 13.8. The van der Waals surface area contributed by atoms with Crippen molar-refractivity contribution in [3.8, 4) is 11.5 Å². The molecular weight excluding hydrogens is 372 g/mol. The minimum atomic E-state index is -0.652. The fourth-order valence-electron chi connectivity index (χ4n) is 3.19. The van der Waals surface area contributed by atoms with Crippen LogP contribution in [-0.2, 0) is 4.79 Å². The summed E-state index contributed by atoms with van der Waals surface area (Å²) in [5.41, 5.74) is 12.6. The first-order valence-corrected chi connectivity index (χ1v) is 8.97. The van der Waals surface area contributed by atoms with Gasteiger partial charge in [0.15, 0.2) is 5.78 Å². The number of carbonyl (C=O) groups is 3. The van der Waals surface area contributed by atoms with E-state index >= 15 is 0 Å². The van der Waals surface area contributed by atoms with Crippen LogP contribution in [0.4, 0.5) is 0 Å². The van der Waals surface area contributed by atoms with Crippen molar-refractivity contribution < 1.29 is 24.6 Å². The number of benzene rings is 2. The minimum absolute atomic E-state index is 0.141. The molecule has 0 unspecified atom stereocenters. The highest BCUT2D eigenvalue weighted by atomic mass is 16.3. The maximum atomic E-state index is 12.9. The molecule has 1 fully saturated rings. The number of carbonyl (C=O) groups excluding carboxylic acids is 3. The summed E-state index contributed by atoms with van der Waals surface area (Å²) < 4.78 is 0. The van der Waals surface area contributed by atoms with Gasteiger partial charge in [0.05, 0.1) is 0 Å². The molecule has 0 spiro atoms. The van der Waals surface area contributed by atoms with Crippen molar-refractivity contribution in [1.29, 1.82) is 0 Å². The van der Waals surface area contributed by atoms with Crippen molar-refractivity contribution in [2.75, 3.05) is 0 Å². The third-order valence-electron chi connectivity index (χ3n) is 4.76. The third kappa shape index (κ3) is 4.35. The number of amides is 2. The monoisotopic (exact) mass is 392 g/mol. The fraction of sp³-hybridized carbons (Fsp3) is 0.136. The van der Waals surface area contributed by atoms with Crippen molar-refractivity contribution >= 4 is 29.7 Å². The zero-order chi connectivity index (χ0) is 21.1. The predicted octanol–water partition coefficient (Wildman–Crippen LogP) is 2.52. The van der Waals surface area contributed by atoms with E-state index in [0.29, 0.717) is 35.1 Å². The van der Waals surface area contributed by atoms with Crippen molar-refractivity contribution in [3.05, 3.63) is 69.8 Å². The van der Waals surface area contributed by atoms with Crippen molar-refractivity contribution in [3.63, 3.8) is 0 Å². The highest BCUT2D eigenvalue weighted by Crippen LogP contribution is 2.31. The van der Waals surface area contributed by atoms with Gasteiger partial charge in [-0.1, -0.05) is 12.1 Å². The lowest BCUT2D eigenvalue weighted by Gasteiger charge is -2.17. The maximum Gasteiger partial charge on any atom is 0.248 e. The average Bonchev–Trinajstić information content (AvgIpc) is 2.67. The molecule has 0 atom stereocenters. The van der Waals surface area contributed by atoms with Crippen LogP contribution >= 0.6 is 0 Å².